The van der Waals surface area contributed by atoms with Gasteiger partial charge in [0.25, 0.3) is 0 Å². The smallest absolute Gasteiger partial charge is 0.0175 e. The van der Waals surface area contributed by atoms with E-state index in [1.807, 2.05) is 7.05 Å². The minimum Gasteiger partial charge on any atom is -0.316 e. The van der Waals surface area contributed by atoms with Crippen LogP contribution in [0.1, 0.15) is 37.7 Å². The van der Waals surface area contributed by atoms with Crippen LogP contribution in [0.25, 0.3) is 6.08 Å². The Morgan fingerprint density at radius 1 is 1.22 bits per heavy atom. The molecule has 18 heavy (non-hydrogen) atoms. The summed E-state index contributed by atoms with van der Waals surface area (Å²) in [6.07, 6.45) is 9.31. The first-order chi connectivity index (χ1) is 8.79. The Bertz CT molecular complexity index is 388. The highest BCUT2D eigenvalue weighted by molar-refractivity contribution is 9.10. The highest BCUT2D eigenvalue weighted by Gasteiger charge is 2.17. The molecule has 98 valence electrons. The van der Waals surface area contributed by atoms with Crippen molar-refractivity contribution < 1.29 is 0 Å². The van der Waals surface area contributed by atoms with E-state index in [0.29, 0.717) is 0 Å². The number of rotatable bonds is 4. The molecule has 2 heteroatoms. The molecule has 1 nitrogen and oxygen atoms in total. The van der Waals surface area contributed by atoms with Gasteiger partial charge in [-0.15, -0.1) is 0 Å². The second-order valence-corrected chi connectivity index (χ2v) is 6.05. The van der Waals surface area contributed by atoms with Crippen molar-refractivity contribution in [2.45, 2.75) is 32.1 Å². The third-order valence-corrected chi connectivity index (χ3v) is 4.26. The van der Waals surface area contributed by atoms with E-state index in [9.17, 15) is 0 Å². The molecule has 0 saturated heterocycles. The minimum atomic E-state index is 0.787. The van der Waals surface area contributed by atoms with Gasteiger partial charge < -0.3 is 5.32 Å². The van der Waals surface area contributed by atoms with Crippen LogP contribution in [0.5, 0.6) is 0 Å². The summed E-state index contributed by atoms with van der Waals surface area (Å²) in [5, 5.41) is 3.32. The molecule has 0 bridgehead atoms. The highest BCUT2D eigenvalue weighted by atomic mass is 79.9. The summed E-state index contributed by atoms with van der Waals surface area (Å²) < 4.78 is 1.15. The van der Waals surface area contributed by atoms with Crippen molar-refractivity contribution in [3.8, 4) is 0 Å². The fourth-order valence-corrected chi connectivity index (χ4v) is 3.03. The van der Waals surface area contributed by atoms with Crippen LogP contribution < -0.4 is 5.32 Å². The van der Waals surface area contributed by atoms with Crippen LogP contribution in [0.4, 0.5) is 0 Å². The molecule has 2 rings (SSSR count). The average molecular weight is 308 g/mol. The molecule has 1 aromatic rings. The lowest BCUT2D eigenvalue weighted by Crippen LogP contribution is -2.19. The van der Waals surface area contributed by atoms with Gasteiger partial charge in [-0.2, -0.15) is 0 Å². The van der Waals surface area contributed by atoms with E-state index in [1.54, 1.807) is 5.57 Å². The molecule has 0 aromatic heterocycles. The molecule has 0 atom stereocenters. The number of likely N-dealkylation sites (N-methyl/N-ethyl adjacent to an activating group) is 1. The first-order valence-corrected chi connectivity index (χ1v) is 7.69. The van der Waals surface area contributed by atoms with Gasteiger partial charge >= 0.3 is 0 Å². The maximum absolute atomic E-state index is 3.49. The van der Waals surface area contributed by atoms with E-state index in [1.165, 1.54) is 37.7 Å². The fraction of sp³-hybridized carbons (Fsp3) is 0.500. The van der Waals surface area contributed by atoms with Crippen LogP contribution in [0.2, 0.25) is 0 Å². The Morgan fingerprint density at radius 2 is 1.89 bits per heavy atom. The fourth-order valence-electron chi connectivity index (χ4n) is 2.76. The second kappa shape index (κ2) is 7.10. The van der Waals surface area contributed by atoms with Crippen LogP contribution in [-0.2, 0) is 0 Å². The normalized spacial score (nSPS) is 18.0. The lowest BCUT2D eigenvalue weighted by molar-refractivity contribution is 0.398. The third-order valence-electron chi connectivity index (χ3n) is 3.73. The van der Waals surface area contributed by atoms with Crippen molar-refractivity contribution in [1.82, 2.24) is 5.32 Å². The van der Waals surface area contributed by atoms with Crippen molar-refractivity contribution in [2.24, 2.45) is 5.92 Å². The number of hydrogen-bond acceptors (Lipinski definition) is 1. The third kappa shape index (κ3) is 3.96. The zero-order chi connectivity index (χ0) is 12.8. The molecule has 1 aromatic carbocycles. The predicted octanol–water partition coefficient (Wildman–Crippen LogP) is 4.63. The van der Waals surface area contributed by atoms with Crippen molar-refractivity contribution in [3.63, 3.8) is 0 Å². The molecule has 1 saturated carbocycles. The molecule has 1 N–H and O–H groups in total. The molecule has 0 amide bonds. The lowest BCUT2D eigenvalue weighted by atomic mass is 9.83. The first-order valence-electron chi connectivity index (χ1n) is 6.90. The van der Waals surface area contributed by atoms with E-state index in [4.69, 9.17) is 0 Å². The van der Waals surface area contributed by atoms with Gasteiger partial charge in [-0.3, -0.25) is 0 Å². The van der Waals surface area contributed by atoms with E-state index < -0.39 is 0 Å². The van der Waals surface area contributed by atoms with Crippen molar-refractivity contribution >= 4 is 22.0 Å². The maximum atomic E-state index is 3.49. The topological polar surface area (TPSA) is 12.0 Å². The first kappa shape index (κ1) is 13.8. The molecule has 1 aliphatic rings. The number of benzene rings is 1. The van der Waals surface area contributed by atoms with Gasteiger partial charge in [-0.25, -0.2) is 0 Å². The Balaban J connectivity index is 2.14. The summed E-state index contributed by atoms with van der Waals surface area (Å²) in [6.45, 7) is 1.01. The monoisotopic (exact) mass is 307 g/mol. The van der Waals surface area contributed by atoms with Crippen LogP contribution in [-0.4, -0.2) is 13.6 Å². The standard InChI is InChI=1S/C16H22BrN/c1-18-12-15(14-5-3-2-4-6-14)11-13-7-9-16(17)10-8-13/h7-11,14,18H,2-6,12H2,1H3. The van der Waals surface area contributed by atoms with Gasteiger partial charge in [0, 0.05) is 11.0 Å². The van der Waals surface area contributed by atoms with Gasteiger partial charge in [0.1, 0.15) is 0 Å². The van der Waals surface area contributed by atoms with Crippen molar-refractivity contribution in [3.05, 3.63) is 39.9 Å². The van der Waals surface area contributed by atoms with Crippen LogP contribution >= 0.6 is 15.9 Å². The Kier molecular flexibility index (Phi) is 5.45. The maximum Gasteiger partial charge on any atom is 0.0175 e. The summed E-state index contributed by atoms with van der Waals surface area (Å²) in [5.41, 5.74) is 2.88. The Hall–Kier alpha value is -0.600. The molecule has 0 unspecified atom stereocenters. The van der Waals surface area contributed by atoms with Crippen LogP contribution in [0.15, 0.2) is 34.3 Å². The Labute approximate surface area is 119 Å². The van der Waals surface area contributed by atoms with Gasteiger partial charge in [0.2, 0.25) is 0 Å². The zero-order valence-electron chi connectivity index (χ0n) is 11.1. The molecule has 0 aliphatic heterocycles. The van der Waals surface area contributed by atoms with E-state index in [-0.39, 0.29) is 0 Å². The highest BCUT2D eigenvalue weighted by Crippen LogP contribution is 2.30. The number of hydrogen-bond donors (Lipinski definition) is 1. The number of nitrogens with one attached hydrogen (secondary N) is 1. The summed E-state index contributed by atoms with van der Waals surface area (Å²) in [5.74, 6) is 0.787. The van der Waals surface area contributed by atoms with Crippen LogP contribution in [0, 0.1) is 5.92 Å². The van der Waals surface area contributed by atoms with Crippen molar-refractivity contribution in [2.75, 3.05) is 13.6 Å². The largest absolute Gasteiger partial charge is 0.316 e. The molecule has 0 spiro atoms. The van der Waals surface area contributed by atoms with Crippen LogP contribution in [0.3, 0.4) is 0 Å². The van der Waals surface area contributed by atoms with Gasteiger partial charge in [0.15, 0.2) is 0 Å². The summed E-state index contributed by atoms with van der Waals surface area (Å²) in [7, 11) is 2.04. The molecule has 1 fully saturated rings. The Morgan fingerprint density at radius 3 is 2.50 bits per heavy atom. The average Bonchev–Trinajstić information content (AvgIpc) is 2.42. The quantitative estimate of drug-likeness (QED) is 0.855. The van der Waals surface area contributed by atoms with E-state index in [2.05, 4.69) is 51.6 Å². The van der Waals surface area contributed by atoms with E-state index in [0.717, 1.165) is 16.9 Å². The van der Waals surface area contributed by atoms with Gasteiger partial charge in [-0.05, 0) is 43.5 Å². The minimum absolute atomic E-state index is 0.787. The number of halogens is 1. The zero-order valence-corrected chi connectivity index (χ0v) is 12.7. The molecule has 1 aliphatic carbocycles. The summed E-state index contributed by atoms with van der Waals surface area (Å²) >= 11 is 3.49. The van der Waals surface area contributed by atoms with Gasteiger partial charge in [0.05, 0.1) is 0 Å². The predicted molar refractivity (Wildman–Crippen MR) is 82.6 cm³/mol. The lowest BCUT2D eigenvalue weighted by Gasteiger charge is -2.24. The van der Waals surface area contributed by atoms with Gasteiger partial charge in [-0.1, -0.05) is 59.0 Å². The van der Waals surface area contributed by atoms with E-state index >= 15 is 0 Å². The molecule has 0 heterocycles. The SMILES string of the molecule is CNCC(=Cc1ccc(Br)cc1)C1CCCCC1. The summed E-state index contributed by atoms with van der Waals surface area (Å²) in [4.78, 5) is 0. The molecular weight excluding hydrogens is 286 g/mol. The molecular formula is C16H22BrN. The molecule has 0 radical (unpaired) electrons. The van der Waals surface area contributed by atoms with Crippen molar-refractivity contribution in [1.29, 1.82) is 0 Å². The summed E-state index contributed by atoms with van der Waals surface area (Å²) in [6, 6.07) is 8.60. The second-order valence-electron chi connectivity index (χ2n) is 5.14.